The van der Waals surface area contributed by atoms with E-state index < -0.39 is 17.0 Å². The number of benzene rings is 1. The Morgan fingerprint density at radius 2 is 2.00 bits per heavy atom. The summed E-state index contributed by atoms with van der Waals surface area (Å²) in [4.78, 5) is 39.3. The van der Waals surface area contributed by atoms with Crippen molar-refractivity contribution >= 4 is 33.7 Å². The zero-order valence-corrected chi connectivity index (χ0v) is 10.8. The molecule has 0 atom stereocenters. The summed E-state index contributed by atoms with van der Waals surface area (Å²) in [5, 5.41) is 9.00. The number of carbonyl (C=O) groups is 1. The van der Waals surface area contributed by atoms with Crippen LogP contribution < -0.4 is 16.4 Å². The number of aromatic nitrogens is 3. The molecule has 0 aliphatic heterocycles. The minimum Gasteiger partial charge on any atom is -0.320 e. The molecule has 20 heavy (non-hydrogen) atoms. The van der Waals surface area contributed by atoms with Gasteiger partial charge in [0.25, 0.3) is 17.0 Å². The number of H-pyrrole nitrogens is 2. The van der Waals surface area contributed by atoms with Crippen LogP contribution in [0, 0.1) is 0 Å². The smallest absolute Gasteiger partial charge is 0.275 e. The summed E-state index contributed by atoms with van der Waals surface area (Å²) in [5.41, 5.74) is 1.16. The number of nitrogens with one attached hydrogen (secondary N) is 3. The molecule has 8 heteroatoms. The number of amides is 1. The average molecular weight is 288 g/mol. The van der Waals surface area contributed by atoms with E-state index in [1.165, 1.54) is 22.9 Å². The minimum absolute atomic E-state index is 0.139. The van der Waals surface area contributed by atoms with Crippen LogP contribution in [0.3, 0.4) is 0 Å². The molecule has 3 rings (SSSR count). The number of anilines is 1. The van der Waals surface area contributed by atoms with Crippen LogP contribution in [0.15, 0.2) is 38.7 Å². The molecule has 7 nitrogen and oxygen atoms in total. The molecule has 1 aromatic carbocycles. The van der Waals surface area contributed by atoms with Gasteiger partial charge in [-0.1, -0.05) is 6.07 Å². The second-order valence-electron chi connectivity index (χ2n) is 3.96. The predicted octanol–water partition coefficient (Wildman–Crippen LogP) is 0.925. The maximum absolute atomic E-state index is 11.9. The van der Waals surface area contributed by atoms with Crippen molar-refractivity contribution in [1.29, 1.82) is 0 Å². The van der Waals surface area contributed by atoms with Gasteiger partial charge in [-0.25, -0.2) is 4.98 Å². The van der Waals surface area contributed by atoms with E-state index >= 15 is 0 Å². The normalized spacial score (nSPS) is 10.6. The molecule has 2 aromatic heterocycles. The van der Waals surface area contributed by atoms with E-state index in [1.807, 2.05) is 0 Å². The lowest BCUT2D eigenvalue weighted by Crippen LogP contribution is -2.21. The first-order valence-corrected chi connectivity index (χ1v) is 6.54. The molecule has 1 amide bonds. The number of carbonyl (C=O) groups excluding carboxylic acids is 1. The Morgan fingerprint density at radius 1 is 1.20 bits per heavy atom. The monoisotopic (exact) mass is 288 g/mol. The van der Waals surface area contributed by atoms with Gasteiger partial charge in [0, 0.05) is 5.38 Å². The third kappa shape index (κ3) is 2.01. The van der Waals surface area contributed by atoms with Crippen LogP contribution >= 0.6 is 11.3 Å². The highest BCUT2D eigenvalue weighted by molar-refractivity contribution is 7.07. The first-order valence-electron chi connectivity index (χ1n) is 5.60. The molecule has 0 unspecified atom stereocenters. The molecular formula is C12H8N4O3S. The molecular weight excluding hydrogens is 280 g/mol. The highest BCUT2D eigenvalue weighted by Gasteiger charge is 2.13. The predicted molar refractivity (Wildman–Crippen MR) is 75.3 cm³/mol. The first-order chi connectivity index (χ1) is 9.66. The number of rotatable bonds is 2. The van der Waals surface area contributed by atoms with Gasteiger partial charge in [-0.2, -0.15) is 0 Å². The number of fused-ring (bicyclic) bond motifs is 1. The lowest BCUT2D eigenvalue weighted by Gasteiger charge is -2.06. The molecule has 3 aromatic rings. The third-order valence-electron chi connectivity index (χ3n) is 2.74. The SMILES string of the molecule is O=C(Nc1cccc2c(=O)[nH][nH]c(=O)c12)c1cscn1. The van der Waals surface area contributed by atoms with E-state index in [4.69, 9.17) is 0 Å². The zero-order valence-electron chi connectivity index (χ0n) is 9.97. The van der Waals surface area contributed by atoms with E-state index in [0.29, 0.717) is 0 Å². The fourth-order valence-corrected chi connectivity index (χ4v) is 2.38. The number of hydrogen-bond donors (Lipinski definition) is 3. The molecule has 0 radical (unpaired) electrons. The Hall–Kier alpha value is -2.74. The summed E-state index contributed by atoms with van der Waals surface area (Å²) < 4.78 is 0. The fraction of sp³-hybridized carbons (Fsp3) is 0. The van der Waals surface area contributed by atoms with Gasteiger partial charge in [-0.05, 0) is 12.1 Å². The Balaban J connectivity index is 2.13. The maximum Gasteiger partial charge on any atom is 0.275 e. The lowest BCUT2D eigenvalue weighted by atomic mass is 10.1. The van der Waals surface area contributed by atoms with Crippen molar-refractivity contribution in [2.24, 2.45) is 0 Å². The summed E-state index contributed by atoms with van der Waals surface area (Å²) in [6.45, 7) is 0. The second-order valence-corrected chi connectivity index (χ2v) is 4.68. The first kappa shape index (κ1) is 12.3. The number of nitrogens with zero attached hydrogens (tertiary/aromatic N) is 1. The molecule has 0 saturated carbocycles. The van der Waals surface area contributed by atoms with Crippen molar-refractivity contribution in [3.8, 4) is 0 Å². The minimum atomic E-state index is -0.478. The Labute approximate surface area is 115 Å². The van der Waals surface area contributed by atoms with Crippen LogP contribution in [0.1, 0.15) is 10.5 Å². The van der Waals surface area contributed by atoms with Crippen molar-refractivity contribution < 1.29 is 4.79 Å². The lowest BCUT2D eigenvalue weighted by molar-refractivity contribution is 0.102. The topological polar surface area (TPSA) is 108 Å². The van der Waals surface area contributed by atoms with E-state index in [-0.39, 0.29) is 22.2 Å². The summed E-state index contributed by atoms with van der Waals surface area (Å²) >= 11 is 1.29. The largest absolute Gasteiger partial charge is 0.320 e. The number of thiazole rings is 1. The molecule has 2 heterocycles. The van der Waals surface area contributed by atoms with Gasteiger partial charge < -0.3 is 5.32 Å². The van der Waals surface area contributed by atoms with Gasteiger partial charge in [0.1, 0.15) is 5.69 Å². The van der Waals surface area contributed by atoms with Gasteiger partial charge in [0.15, 0.2) is 0 Å². The quantitative estimate of drug-likeness (QED) is 0.651. The molecule has 0 aliphatic carbocycles. The van der Waals surface area contributed by atoms with Gasteiger partial charge in [-0.15, -0.1) is 11.3 Å². The molecule has 0 fully saturated rings. The van der Waals surface area contributed by atoms with Gasteiger partial charge in [0.05, 0.1) is 22.0 Å². The van der Waals surface area contributed by atoms with Crippen LogP contribution in [0.25, 0.3) is 10.8 Å². The van der Waals surface area contributed by atoms with Crippen LogP contribution in [0.5, 0.6) is 0 Å². The van der Waals surface area contributed by atoms with E-state index in [2.05, 4.69) is 20.5 Å². The summed E-state index contributed by atoms with van der Waals surface area (Å²) in [6.07, 6.45) is 0. The van der Waals surface area contributed by atoms with Gasteiger partial charge in [-0.3, -0.25) is 24.6 Å². The molecule has 0 saturated heterocycles. The molecule has 100 valence electrons. The van der Waals surface area contributed by atoms with Crippen molar-refractivity contribution in [1.82, 2.24) is 15.2 Å². The van der Waals surface area contributed by atoms with E-state index in [9.17, 15) is 14.4 Å². The van der Waals surface area contributed by atoms with Crippen molar-refractivity contribution in [3.63, 3.8) is 0 Å². The average Bonchev–Trinajstić information content (AvgIpc) is 2.97. The third-order valence-corrected chi connectivity index (χ3v) is 3.33. The fourth-order valence-electron chi connectivity index (χ4n) is 1.84. The zero-order chi connectivity index (χ0) is 14.1. The van der Waals surface area contributed by atoms with Crippen LogP contribution in [-0.4, -0.2) is 21.1 Å². The highest BCUT2D eigenvalue weighted by atomic mass is 32.1. The van der Waals surface area contributed by atoms with Crippen molar-refractivity contribution in [2.75, 3.05) is 5.32 Å². The Kier molecular flexibility index (Phi) is 2.92. The Morgan fingerprint density at radius 3 is 2.75 bits per heavy atom. The molecule has 0 bridgehead atoms. The number of hydrogen-bond acceptors (Lipinski definition) is 5. The van der Waals surface area contributed by atoms with Crippen molar-refractivity contribution in [3.05, 3.63) is 55.5 Å². The van der Waals surface area contributed by atoms with E-state index in [1.54, 1.807) is 17.5 Å². The number of aromatic amines is 2. The highest BCUT2D eigenvalue weighted by Crippen LogP contribution is 2.17. The Bertz CT molecular complexity index is 895. The van der Waals surface area contributed by atoms with Crippen LogP contribution in [-0.2, 0) is 0 Å². The molecule has 0 aliphatic rings. The van der Waals surface area contributed by atoms with E-state index in [0.717, 1.165) is 0 Å². The molecule has 3 N–H and O–H groups in total. The van der Waals surface area contributed by atoms with Crippen LogP contribution in [0.2, 0.25) is 0 Å². The summed E-state index contributed by atoms with van der Waals surface area (Å²) in [5.74, 6) is -0.432. The summed E-state index contributed by atoms with van der Waals surface area (Å²) in [6, 6.07) is 4.66. The van der Waals surface area contributed by atoms with Crippen molar-refractivity contribution in [2.45, 2.75) is 0 Å². The summed E-state index contributed by atoms with van der Waals surface area (Å²) in [7, 11) is 0. The maximum atomic E-state index is 11.9. The molecule has 0 spiro atoms. The van der Waals surface area contributed by atoms with Gasteiger partial charge >= 0.3 is 0 Å². The standard InChI is InChI=1S/C12H8N4O3S/c17-10-6-2-1-3-7(9(6)12(19)16-15-10)14-11(18)8-4-20-5-13-8/h1-5H,(H,14,18)(H,15,17)(H,16,19). The van der Waals surface area contributed by atoms with Gasteiger partial charge in [0.2, 0.25) is 0 Å². The van der Waals surface area contributed by atoms with Crippen LogP contribution in [0.4, 0.5) is 5.69 Å². The second kappa shape index (κ2) is 4.74.